The van der Waals surface area contributed by atoms with E-state index in [0.717, 1.165) is 4.88 Å². The third kappa shape index (κ3) is 3.21. The van der Waals surface area contributed by atoms with E-state index < -0.39 is 10.0 Å². The highest BCUT2D eigenvalue weighted by Gasteiger charge is 2.34. The van der Waals surface area contributed by atoms with E-state index in [2.05, 4.69) is 0 Å². The van der Waals surface area contributed by atoms with Gasteiger partial charge in [-0.2, -0.15) is 4.31 Å². The fraction of sp³-hybridized carbons (Fsp3) is 0.615. The molecule has 0 radical (unpaired) electrons. The Balaban J connectivity index is 2.14. The minimum absolute atomic E-state index is 0.220. The number of thiophene rings is 1. The smallest absolute Gasteiger partial charge is 0.310 e. The van der Waals surface area contributed by atoms with Crippen LogP contribution in [-0.2, 0) is 19.6 Å². The monoisotopic (exact) mass is 317 g/mol. The lowest BCUT2D eigenvalue weighted by Crippen LogP contribution is -2.42. The Bertz CT molecular complexity index is 579. The Morgan fingerprint density at radius 2 is 2.25 bits per heavy atom. The van der Waals surface area contributed by atoms with Crippen molar-refractivity contribution < 1.29 is 17.9 Å². The molecule has 1 aromatic heterocycles. The van der Waals surface area contributed by atoms with Gasteiger partial charge in [0.2, 0.25) is 0 Å². The van der Waals surface area contributed by atoms with Crippen molar-refractivity contribution >= 4 is 27.3 Å². The molecule has 0 amide bonds. The summed E-state index contributed by atoms with van der Waals surface area (Å²) in [7, 11) is -3.48. The largest absolute Gasteiger partial charge is 0.466 e. The maximum atomic E-state index is 12.5. The zero-order valence-corrected chi connectivity index (χ0v) is 13.3. The Morgan fingerprint density at radius 3 is 2.85 bits per heavy atom. The summed E-state index contributed by atoms with van der Waals surface area (Å²) in [6, 6.07) is 3.42. The Morgan fingerprint density at radius 1 is 1.50 bits per heavy atom. The van der Waals surface area contributed by atoms with E-state index in [1.807, 2.05) is 6.92 Å². The summed E-state index contributed by atoms with van der Waals surface area (Å²) in [6.45, 7) is 4.64. The first-order chi connectivity index (χ1) is 9.45. The molecule has 5 nitrogen and oxygen atoms in total. The number of nitrogens with zero attached hydrogens (tertiary/aromatic N) is 1. The summed E-state index contributed by atoms with van der Waals surface area (Å²) >= 11 is 1.26. The molecule has 20 heavy (non-hydrogen) atoms. The average Bonchev–Trinajstić information content (AvgIpc) is 2.86. The van der Waals surface area contributed by atoms with Crippen LogP contribution in [-0.4, -0.2) is 38.4 Å². The van der Waals surface area contributed by atoms with Gasteiger partial charge in [0.25, 0.3) is 10.0 Å². The van der Waals surface area contributed by atoms with Crippen LogP contribution in [0.25, 0.3) is 0 Å². The highest BCUT2D eigenvalue weighted by atomic mass is 32.2. The lowest BCUT2D eigenvalue weighted by atomic mass is 10.0. The van der Waals surface area contributed by atoms with Crippen LogP contribution in [0.2, 0.25) is 0 Å². The van der Waals surface area contributed by atoms with Gasteiger partial charge in [0.1, 0.15) is 4.21 Å². The molecule has 0 unspecified atom stereocenters. The molecule has 112 valence electrons. The highest BCUT2D eigenvalue weighted by molar-refractivity contribution is 7.91. The van der Waals surface area contributed by atoms with Crippen LogP contribution in [0.5, 0.6) is 0 Å². The predicted molar refractivity (Wildman–Crippen MR) is 77.2 cm³/mol. The summed E-state index contributed by atoms with van der Waals surface area (Å²) in [4.78, 5) is 12.7. The van der Waals surface area contributed by atoms with Crippen LogP contribution >= 0.6 is 11.3 Å². The van der Waals surface area contributed by atoms with Gasteiger partial charge in [-0.05, 0) is 38.8 Å². The topological polar surface area (TPSA) is 63.7 Å². The first-order valence-corrected chi connectivity index (χ1v) is 8.94. The molecule has 1 atom stereocenters. The zero-order chi connectivity index (χ0) is 14.8. The number of ether oxygens (including phenoxy) is 1. The van der Waals surface area contributed by atoms with Crippen LogP contribution < -0.4 is 0 Å². The highest BCUT2D eigenvalue weighted by Crippen LogP contribution is 2.28. The van der Waals surface area contributed by atoms with Crippen molar-refractivity contribution in [1.29, 1.82) is 0 Å². The van der Waals surface area contributed by atoms with Crippen molar-refractivity contribution in [1.82, 2.24) is 4.31 Å². The van der Waals surface area contributed by atoms with E-state index in [0.29, 0.717) is 30.2 Å². The molecule has 0 saturated carbocycles. The van der Waals surface area contributed by atoms with E-state index in [9.17, 15) is 13.2 Å². The molecule has 1 fully saturated rings. The number of hydrogen-bond donors (Lipinski definition) is 0. The molecule has 1 saturated heterocycles. The average molecular weight is 317 g/mol. The first-order valence-electron chi connectivity index (χ1n) is 6.68. The summed E-state index contributed by atoms with van der Waals surface area (Å²) in [6.07, 6.45) is 1.38. The van der Waals surface area contributed by atoms with E-state index in [4.69, 9.17) is 4.74 Å². The lowest BCUT2D eigenvalue weighted by molar-refractivity contribution is -0.149. The van der Waals surface area contributed by atoms with Gasteiger partial charge < -0.3 is 4.74 Å². The van der Waals surface area contributed by atoms with Crippen molar-refractivity contribution in [3.63, 3.8) is 0 Å². The molecule has 2 rings (SSSR count). The second-order valence-electron chi connectivity index (χ2n) is 4.82. The molecule has 0 spiro atoms. The van der Waals surface area contributed by atoms with Crippen molar-refractivity contribution in [2.24, 2.45) is 5.92 Å². The van der Waals surface area contributed by atoms with Gasteiger partial charge in [0.05, 0.1) is 12.5 Å². The van der Waals surface area contributed by atoms with Gasteiger partial charge in [-0.15, -0.1) is 11.3 Å². The van der Waals surface area contributed by atoms with E-state index in [-0.39, 0.29) is 18.4 Å². The van der Waals surface area contributed by atoms with E-state index >= 15 is 0 Å². The van der Waals surface area contributed by atoms with Gasteiger partial charge in [-0.3, -0.25) is 4.79 Å². The second kappa shape index (κ2) is 6.24. The number of rotatable bonds is 4. The van der Waals surface area contributed by atoms with E-state index in [1.54, 1.807) is 19.1 Å². The van der Waals surface area contributed by atoms with E-state index in [1.165, 1.54) is 15.6 Å². The molecule has 1 aliphatic heterocycles. The minimum atomic E-state index is -3.48. The Labute approximate surface area is 123 Å². The normalized spacial score (nSPS) is 20.8. The lowest BCUT2D eigenvalue weighted by Gasteiger charge is -2.30. The molecule has 0 N–H and O–H groups in total. The predicted octanol–water partition coefficient (Wildman–Crippen LogP) is 2.02. The van der Waals surface area contributed by atoms with Gasteiger partial charge in [0.15, 0.2) is 0 Å². The number of carbonyl (C=O) groups is 1. The van der Waals surface area contributed by atoms with Crippen molar-refractivity contribution in [3.8, 4) is 0 Å². The summed E-state index contributed by atoms with van der Waals surface area (Å²) < 4.78 is 31.8. The number of carbonyl (C=O) groups excluding carboxylic acids is 1. The summed E-state index contributed by atoms with van der Waals surface area (Å²) in [5.41, 5.74) is 0. The molecule has 2 heterocycles. The Hall–Kier alpha value is -0.920. The van der Waals surface area contributed by atoms with Crippen molar-refractivity contribution in [2.75, 3.05) is 19.7 Å². The number of esters is 1. The first kappa shape index (κ1) is 15.5. The fourth-order valence-corrected chi connectivity index (χ4v) is 5.25. The molecule has 0 bridgehead atoms. The molecular formula is C13H19NO4S2. The van der Waals surface area contributed by atoms with Crippen LogP contribution in [0.4, 0.5) is 0 Å². The molecule has 1 aromatic rings. The van der Waals surface area contributed by atoms with Crippen LogP contribution in [0.1, 0.15) is 24.6 Å². The van der Waals surface area contributed by atoms with Crippen molar-refractivity contribution in [2.45, 2.75) is 30.9 Å². The van der Waals surface area contributed by atoms with Gasteiger partial charge >= 0.3 is 5.97 Å². The Kier molecular flexibility index (Phi) is 4.82. The molecule has 7 heteroatoms. The molecular weight excluding hydrogens is 298 g/mol. The fourth-order valence-electron chi connectivity index (χ4n) is 2.29. The number of sulfonamides is 1. The number of aryl methyl sites for hydroxylation is 1. The standard InChI is InChI=1S/C13H19NO4S2/c1-3-18-13(15)11-5-4-8-14(9-11)20(16,17)12-7-6-10(2)19-12/h6-7,11H,3-5,8-9H2,1-2H3/t11-/m1/s1. The molecule has 1 aliphatic rings. The zero-order valence-electron chi connectivity index (χ0n) is 11.7. The quantitative estimate of drug-likeness (QED) is 0.797. The molecule has 0 aliphatic carbocycles. The number of hydrogen-bond acceptors (Lipinski definition) is 5. The maximum absolute atomic E-state index is 12.5. The maximum Gasteiger partial charge on any atom is 0.310 e. The van der Waals surface area contributed by atoms with Crippen LogP contribution in [0.15, 0.2) is 16.3 Å². The minimum Gasteiger partial charge on any atom is -0.466 e. The van der Waals surface area contributed by atoms with Crippen LogP contribution in [0, 0.1) is 12.8 Å². The summed E-state index contributed by atoms with van der Waals surface area (Å²) in [5.74, 6) is -0.644. The van der Waals surface area contributed by atoms with Crippen LogP contribution in [0.3, 0.4) is 0 Å². The SMILES string of the molecule is CCOC(=O)[C@@H]1CCCN(S(=O)(=O)c2ccc(C)s2)C1. The van der Waals surface area contributed by atoms with Gasteiger partial charge in [0, 0.05) is 18.0 Å². The van der Waals surface area contributed by atoms with Gasteiger partial charge in [-0.25, -0.2) is 8.42 Å². The second-order valence-corrected chi connectivity index (χ2v) is 8.27. The third-order valence-electron chi connectivity index (χ3n) is 3.31. The summed E-state index contributed by atoms with van der Waals surface area (Å²) in [5, 5.41) is 0. The van der Waals surface area contributed by atoms with Crippen molar-refractivity contribution in [3.05, 3.63) is 17.0 Å². The molecule has 0 aromatic carbocycles. The van der Waals surface area contributed by atoms with Gasteiger partial charge in [-0.1, -0.05) is 0 Å². The third-order valence-corrected chi connectivity index (χ3v) is 6.65. The number of piperidine rings is 1.